The second kappa shape index (κ2) is 16.3. The number of aromatic nitrogens is 2. The predicted molar refractivity (Wildman–Crippen MR) is 299 cm³/mol. The van der Waals surface area contributed by atoms with E-state index in [1.165, 1.54) is 94.0 Å². The van der Waals surface area contributed by atoms with Crippen LogP contribution < -0.4 is 0 Å². The third kappa shape index (κ3) is 6.28. The highest BCUT2D eigenvalue weighted by atomic mass is 14.9. The number of fused-ring (bicyclic) bond motifs is 9. The quantitative estimate of drug-likeness (QED) is 0.159. The standard InChI is InChI=1S/C70H48N2/c1-69(2)61-42-38-46-19-12-13-26-53(46)66(61)58-39-37-49(43-63(58)69)45-33-35-47(36-34-45)52-40-41-56(55-28-15-14-27-54(52)55)64-44-65(72-68(71-64)48-20-6-3-7-21-48)59-30-18-32-62-67(59)57-29-16-17-31-60(57)70(62,50-22-8-4-9-23-50)51-24-10-5-11-25-51/h3-44H,1-2H3. The summed E-state index contributed by atoms with van der Waals surface area (Å²) in [5.41, 5.74) is 22.0. The van der Waals surface area contributed by atoms with Crippen molar-refractivity contribution in [2.24, 2.45) is 0 Å². The molecule has 0 bridgehead atoms. The SMILES string of the molecule is CC1(C)c2cc(-c3ccc(-c4ccc(-c5cc(-c6cccc7c6-c6ccccc6C7(c6ccccc6)c6ccccc6)nc(-c6ccccc6)n5)c5ccccc45)cc3)ccc2-c2c1ccc1ccccc21. The lowest BCUT2D eigenvalue weighted by Gasteiger charge is -2.33. The Morgan fingerprint density at radius 3 is 1.56 bits per heavy atom. The summed E-state index contributed by atoms with van der Waals surface area (Å²) < 4.78 is 0. The van der Waals surface area contributed by atoms with Gasteiger partial charge in [-0.05, 0) is 112 Å². The van der Waals surface area contributed by atoms with Crippen LogP contribution in [-0.2, 0) is 10.8 Å². The summed E-state index contributed by atoms with van der Waals surface area (Å²) in [4.78, 5) is 10.9. The smallest absolute Gasteiger partial charge is 0.160 e. The molecule has 12 aromatic rings. The van der Waals surface area contributed by atoms with Crippen molar-refractivity contribution in [3.05, 3.63) is 288 Å². The highest BCUT2D eigenvalue weighted by Gasteiger charge is 2.47. The van der Waals surface area contributed by atoms with E-state index in [-0.39, 0.29) is 5.41 Å². The average Bonchev–Trinajstić information content (AvgIpc) is 3.89. The molecule has 72 heavy (non-hydrogen) atoms. The molecule has 0 saturated heterocycles. The molecule has 11 aromatic carbocycles. The van der Waals surface area contributed by atoms with Crippen LogP contribution in [0.4, 0.5) is 0 Å². The number of rotatable bonds is 7. The lowest BCUT2D eigenvalue weighted by Crippen LogP contribution is -2.28. The topological polar surface area (TPSA) is 25.8 Å². The van der Waals surface area contributed by atoms with Crippen LogP contribution in [0, 0.1) is 0 Å². The van der Waals surface area contributed by atoms with Crippen molar-refractivity contribution in [3.8, 4) is 78.4 Å². The fourth-order valence-corrected chi connectivity index (χ4v) is 12.4. The first-order chi connectivity index (χ1) is 35.5. The van der Waals surface area contributed by atoms with Gasteiger partial charge in [0.25, 0.3) is 0 Å². The number of benzene rings is 11. The highest BCUT2D eigenvalue weighted by molar-refractivity contribution is 6.06. The zero-order valence-corrected chi connectivity index (χ0v) is 40.1. The molecule has 2 heteroatoms. The molecule has 2 aliphatic carbocycles. The number of nitrogens with zero attached hydrogens (tertiary/aromatic N) is 2. The Morgan fingerprint density at radius 2 is 0.819 bits per heavy atom. The van der Waals surface area contributed by atoms with Gasteiger partial charge in [0.15, 0.2) is 5.82 Å². The van der Waals surface area contributed by atoms with Gasteiger partial charge in [0.05, 0.1) is 16.8 Å². The summed E-state index contributed by atoms with van der Waals surface area (Å²) in [5, 5.41) is 4.94. The van der Waals surface area contributed by atoms with Crippen molar-refractivity contribution >= 4 is 21.5 Å². The van der Waals surface area contributed by atoms with Crippen molar-refractivity contribution in [1.82, 2.24) is 9.97 Å². The lowest BCUT2D eigenvalue weighted by molar-refractivity contribution is 0.661. The molecule has 0 radical (unpaired) electrons. The van der Waals surface area contributed by atoms with Crippen LogP contribution in [0.2, 0.25) is 0 Å². The highest BCUT2D eigenvalue weighted by Crippen LogP contribution is 2.58. The van der Waals surface area contributed by atoms with E-state index >= 15 is 0 Å². The molecule has 1 heterocycles. The second-order valence-corrected chi connectivity index (χ2v) is 20.0. The van der Waals surface area contributed by atoms with Crippen molar-refractivity contribution in [1.29, 1.82) is 0 Å². The van der Waals surface area contributed by atoms with Crippen LogP contribution in [0.5, 0.6) is 0 Å². The largest absolute Gasteiger partial charge is 0.228 e. The first-order valence-corrected chi connectivity index (χ1v) is 25.1. The molecular weight excluding hydrogens is 869 g/mol. The van der Waals surface area contributed by atoms with Crippen LogP contribution >= 0.6 is 0 Å². The Kier molecular flexibility index (Phi) is 9.50. The fourth-order valence-electron chi connectivity index (χ4n) is 12.4. The average molecular weight is 917 g/mol. The molecule has 0 amide bonds. The molecule has 0 fully saturated rings. The van der Waals surface area contributed by atoms with Crippen molar-refractivity contribution in [2.45, 2.75) is 24.7 Å². The van der Waals surface area contributed by atoms with Gasteiger partial charge in [0.1, 0.15) is 0 Å². The van der Waals surface area contributed by atoms with E-state index in [0.29, 0.717) is 5.82 Å². The van der Waals surface area contributed by atoms with E-state index in [4.69, 9.17) is 9.97 Å². The van der Waals surface area contributed by atoms with Crippen LogP contribution in [0.15, 0.2) is 255 Å². The molecule has 0 saturated carbocycles. The third-order valence-corrected chi connectivity index (χ3v) is 15.8. The fraction of sp³-hybridized carbons (Fsp3) is 0.0571. The molecule has 14 rings (SSSR count). The molecule has 0 spiro atoms. The summed E-state index contributed by atoms with van der Waals surface area (Å²) in [6.07, 6.45) is 0. The molecule has 0 atom stereocenters. The summed E-state index contributed by atoms with van der Waals surface area (Å²) in [6.45, 7) is 4.74. The molecule has 0 aliphatic heterocycles. The predicted octanol–water partition coefficient (Wildman–Crippen LogP) is 17.8. The van der Waals surface area contributed by atoms with E-state index in [1.807, 2.05) is 6.07 Å². The molecule has 2 nitrogen and oxygen atoms in total. The van der Waals surface area contributed by atoms with E-state index in [0.717, 1.165) is 33.5 Å². The van der Waals surface area contributed by atoms with Crippen molar-refractivity contribution in [3.63, 3.8) is 0 Å². The molecular formula is C70H48N2. The van der Waals surface area contributed by atoms with E-state index in [2.05, 4.69) is 263 Å². The first-order valence-electron chi connectivity index (χ1n) is 25.1. The van der Waals surface area contributed by atoms with Gasteiger partial charge in [-0.15, -0.1) is 0 Å². The van der Waals surface area contributed by atoms with Crippen molar-refractivity contribution < 1.29 is 0 Å². The Labute approximate surface area is 420 Å². The van der Waals surface area contributed by atoms with Gasteiger partial charge in [-0.2, -0.15) is 0 Å². The second-order valence-electron chi connectivity index (χ2n) is 20.0. The maximum Gasteiger partial charge on any atom is 0.160 e. The van der Waals surface area contributed by atoms with Crippen LogP contribution in [0.3, 0.4) is 0 Å². The van der Waals surface area contributed by atoms with Gasteiger partial charge >= 0.3 is 0 Å². The van der Waals surface area contributed by atoms with Crippen molar-refractivity contribution in [2.75, 3.05) is 0 Å². The minimum Gasteiger partial charge on any atom is -0.228 e. The van der Waals surface area contributed by atoms with Gasteiger partial charge in [-0.3, -0.25) is 0 Å². The van der Waals surface area contributed by atoms with Gasteiger partial charge in [-0.25, -0.2) is 9.97 Å². The Morgan fingerprint density at radius 1 is 0.292 bits per heavy atom. The maximum absolute atomic E-state index is 5.46. The normalized spacial score (nSPS) is 13.6. The summed E-state index contributed by atoms with van der Waals surface area (Å²) in [6, 6.07) is 93.3. The molecule has 1 aromatic heterocycles. The molecule has 338 valence electrons. The van der Waals surface area contributed by atoms with Gasteiger partial charge in [0.2, 0.25) is 0 Å². The molecule has 2 aliphatic rings. The Balaban J connectivity index is 0.888. The summed E-state index contributed by atoms with van der Waals surface area (Å²) in [7, 11) is 0. The lowest BCUT2D eigenvalue weighted by atomic mass is 9.67. The number of hydrogen-bond donors (Lipinski definition) is 0. The van der Waals surface area contributed by atoms with Crippen LogP contribution in [0.1, 0.15) is 47.2 Å². The third-order valence-electron chi connectivity index (χ3n) is 15.8. The van der Waals surface area contributed by atoms with E-state index in [9.17, 15) is 0 Å². The monoisotopic (exact) mass is 916 g/mol. The van der Waals surface area contributed by atoms with Gasteiger partial charge in [-0.1, -0.05) is 257 Å². The van der Waals surface area contributed by atoms with E-state index in [1.54, 1.807) is 0 Å². The zero-order chi connectivity index (χ0) is 48.0. The zero-order valence-electron chi connectivity index (χ0n) is 40.1. The Hall–Kier alpha value is -8.98. The summed E-state index contributed by atoms with van der Waals surface area (Å²) in [5.74, 6) is 0.695. The van der Waals surface area contributed by atoms with Crippen LogP contribution in [0.25, 0.3) is 100.0 Å². The van der Waals surface area contributed by atoms with Crippen LogP contribution in [-0.4, -0.2) is 9.97 Å². The first kappa shape index (κ1) is 41.9. The minimum absolute atomic E-state index is 0.0964. The Bertz CT molecular complexity index is 4060. The van der Waals surface area contributed by atoms with Gasteiger partial charge in [0, 0.05) is 22.1 Å². The van der Waals surface area contributed by atoms with E-state index < -0.39 is 5.41 Å². The molecule has 0 N–H and O–H groups in total. The van der Waals surface area contributed by atoms with Gasteiger partial charge < -0.3 is 0 Å². The number of hydrogen-bond acceptors (Lipinski definition) is 2. The minimum atomic E-state index is -0.521. The molecule has 0 unspecified atom stereocenters. The summed E-state index contributed by atoms with van der Waals surface area (Å²) >= 11 is 0. The maximum atomic E-state index is 5.46.